The van der Waals surface area contributed by atoms with Crippen LogP contribution in [0.3, 0.4) is 0 Å². The van der Waals surface area contributed by atoms with Crippen molar-refractivity contribution in [1.29, 1.82) is 0 Å². The second kappa shape index (κ2) is 9.46. The molecule has 1 aliphatic heterocycles. The van der Waals surface area contributed by atoms with Crippen LogP contribution in [0, 0.1) is 0 Å². The number of aliphatic hydroxyl groups is 4. The summed E-state index contributed by atoms with van der Waals surface area (Å²) < 4.78 is 10.3. The smallest absolute Gasteiger partial charge is 0.319 e. The van der Waals surface area contributed by atoms with E-state index >= 15 is 0 Å². The summed E-state index contributed by atoms with van der Waals surface area (Å²) in [4.78, 5) is 13.3. The lowest BCUT2D eigenvalue weighted by Crippen LogP contribution is -2.65. The van der Waals surface area contributed by atoms with Gasteiger partial charge in [-0.3, -0.25) is 4.90 Å². The summed E-state index contributed by atoms with van der Waals surface area (Å²) in [5, 5.41) is 41.3. The Balaban J connectivity index is 2.88. The van der Waals surface area contributed by atoms with Gasteiger partial charge in [-0.25, -0.2) is 4.79 Å². The fourth-order valence-corrected chi connectivity index (χ4v) is 2.22. The highest BCUT2D eigenvalue weighted by molar-refractivity contribution is 6.18. The first-order chi connectivity index (χ1) is 10.5. The van der Waals surface area contributed by atoms with Crippen molar-refractivity contribution in [2.24, 2.45) is 0 Å². The van der Waals surface area contributed by atoms with Gasteiger partial charge in [-0.2, -0.15) is 0 Å². The highest BCUT2D eigenvalue weighted by Crippen LogP contribution is 2.23. The Bertz CT molecular complexity index is 347. The van der Waals surface area contributed by atoms with Crippen LogP contribution < -0.4 is 5.32 Å². The van der Waals surface area contributed by atoms with E-state index in [-0.39, 0.29) is 25.6 Å². The van der Waals surface area contributed by atoms with E-state index in [0.29, 0.717) is 0 Å². The summed E-state index contributed by atoms with van der Waals surface area (Å²) in [7, 11) is 1.45. The van der Waals surface area contributed by atoms with Crippen molar-refractivity contribution in [2.45, 2.75) is 30.6 Å². The molecular weight excluding hydrogens is 320 g/mol. The molecule has 1 unspecified atom stereocenters. The van der Waals surface area contributed by atoms with Crippen molar-refractivity contribution >= 4 is 17.6 Å². The molecule has 1 rings (SSSR count). The minimum absolute atomic E-state index is 0.0767. The highest BCUT2D eigenvalue weighted by Gasteiger charge is 2.46. The van der Waals surface area contributed by atoms with E-state index in [1.165, 1.54) is 7.11 Å². The van der Waals surface area contributed by atoms with Gasteiger partial charge in [0, 0.05) is 26.1 Å². The van der Waals surface area contributed by atoms with Gasteiger partial charge in [-0.05, 0) is 0 Å². The van der Waals surface area contributed by atoms with Gasteiger partial charge >= 0.3 is 6.03 Å². The van der Waals surface area contributed by atoms with Crippen LogP contribution in [0.4, 0.5) is 4.79 Å². The summed E-state index contributed by atoms with van der Waals surface area (Å²) in [5.41, 5.74) is 0. The Morgan fingerprint density at radius 3 is 2.55 bits per heavy atom. The number of alkyl halides is 1. The first kappa shape index (κ1) is 19.4. The fraction of sp³-hybridized carbons (Fsp3) is 0.917. The van der Waals surface area contributed by atoms with E-state index in [0.717, 1.165) is 4.90 Å². The van der Waals surface area contributed by atoms with Crippen molar-refractivity contribution in [1.82, 2.24) is 10.2 Å². The van der Waals surface area contributed by atoms with E-state index in [1.807, 2.05) is 0 Å². The first-order valence-electron chi connectivity index (χ1n) is 6.87. The maximum Gasteiger partial charge on any atom is 0.319 e. The molecule has 5 atom stereocenters. The third kappa shape index (κ3) is 4.66. The van der Waals surface area contributed by atoms with E-state index in [4.69, 9.17) is 21.1 Å². The molecule has 1 heterocycles. The second-order valence-electron chi connectivity index (χ2n) is 4.83. The number of carbonyl (C=O) groups is 1. The molecule has 0 aliphatic carbocycles. The fourth-order valence-electron chi connectivity index (χ4n) is 2.13. The zero-order chi connectivity index (χ0) is 16.7. The molecule has 0 spiro atoms. The van der Waals surface area contributed by atoms with Crippen LogP contribution in [0.1, 0.15) is 0 Å². The maximum absolute atomic E-state index is 12.1. The minimum atomic E-state index is -1.55. The van der Waals surface area contributed by atoms with Gasteiger partial charge in [0.2, 0.25) is 0 Å². The number of rotatable bonds is 7. The molecule has 0 radical (unpaired) electrons. The topological polar surface area (TPSA) is 132 Å². The molecule has 0 aromatic carbocycles. The second-order valence-corrected chi connectivity index (χ2v) is 5.20. The Morgan fingerprint density at radius 1 is 1.32 bits per heavy atom. The quantitative estimate of drug-likeness (QED) is 0.328. The van der Waals surface area contributed by atoms with Crippen molar-refractivity contribution in [3.05, 3.63) is 0 Å². The third-order valence-electron chi connectivity index (χ3n) is 3.34. The molecule has 130 valence electrons. The molecule has 1 saturated heterocycles. The molecule has 0 bridgehead atoms. The monoisotopic (exact) mass is 342 g/mol. The highest BCUT2D eigenvalue weighted by atomic mass is 35.5. The van der Waals surface area contributed by atoms with Crippen LogP contribution in [0.25, 0.3) is 0 Å². The Morgan fingerprint density at radius 2 is 2.00 bits per heavy atom. The van der Waals surface area contributed by atoms with Gasteiger partial charge in [0.15, 0.2) is 6.23 Å². The number of ether oxygens (including phenoxy) is 2. The molecule has 0 aromatic heterocycles. The number of carbonyl (C=O) groups excluding carboxylic acids is 1. The standard InChI is InChI=1S/C12H23ClN2O7/c1-21-5-4-15(12(20)14-3-2-13)11-10(19)9(18)8(17)7(6-16)22-11/h7-11,16-19H,2-6H2,1H3,(H,14,20)/t7-,8-,9+,10+,11?/m1/s1. The molecule has 5 N–H and O–H groups in total. The number of amides is 2. The minimum Gasteiger partial charge on any atom is -0.394 e. The van der Waals surface area contributed by atoms with Crippen LogP contribution in [0.5, 0.6) is 0 Å². The molecule has 1 aliphatic rings. The van der Waals surface area contributed by atoms with Gasteiger partial charge in [0.25, 0.3) is 0 Å². The Hall–Kier alpha value is -0.680. The summed E-state index contributed by atoms with van der Waals surface area (Å²) in [6.45, 7) is -0.110. The van der Waals surface area contributed by atoms with Crippen molar-refractivity contribution < 1.29 is 34.7 Å². The lowest BCUT2D eigenvalue weighted by molar-refractivity contribution is -0.257. The summed E-state index contributed by atoms with van der Waals surface area (Å²) in [6, 6.07) is -0.568. The molecule has 1 fully saturated rings. The molecule has 0 saturated carbocycles. The zero-order valence-corrected chi connectivity index (χ0v) is 13.0. The number of methoxy groups -OCH3 is 1. The number of aliphatic hydroxyl groups excluding tert-OH is 4. The number of hydrogen-bond donors (Lipinski definition) is 5. The van der Waals surface area contributed by atoms with Crippen molar-refractivity contribution in [2.75, 3.05) is 39.3 Å². The van der Waals surface area contributed by atoms with Crippen LogP contribution in [-0.4, -0.2) is 101 Å². The largest absolute Gasteiger partial charge is 0.394 e. The lowest BCUT2D eigenvalue weighted by atomic mass is 9.98. The lowest BCUT2D eigenvalue weighted by Gasteiger charge is -2.44. The molecule has 10 heteroatoms. The number of nitrogens with zero attached hydrogens (tertiary/aromatic N) is 1. The van der Waals surface area contributed by atoms with E-state index in [1.54, 1.807) is 0 Å². The van der Waals surface area contributed by atoms with Gasteiger partial charge in [0.1, 0.15) is 24.4 Å². The van der Waals surface area contributed by atoms with Crippen LogP contribution in [0.2, 0.25) is 0 Å². The van der Waals surface area contributed by atoms with Crippen molar-refractivity contribution in [3.63, 3.8) is 0 Å². The van der Waals surface area contributed by atoms with Crippen molar-refractivity contribution in [3.8, 4) is 0 Å². The van der Waals surface area contributed by atoms with Crippen LogP contribution in [0.15, 0.2) is 0 Å². The summed E-state index contributed by atoms with van der Waals surface area (Å²) in [6.07, 6.45) is -6.89. The number of nitrogens with one attached hydrogen (secondary N) is 1. The van der Waals surface area contributed by atoms with Gasteiger partial charge in [-0.1, -0.05) is 0 Å². The first-order valence-corrected chi connectivity index (χ1v) is 7.41. The number of urea groups is 1. The predicted molar refractivity (Wildman–Crippen MR) is 76.5 cm³/mol. The predicted octanol–water partition coefficient (Wildman–Crippen LogP) is -2.32. The molecule has 2 amide bonds. The van der Waals surface area contributed by atoms with Gasteiger partial charge in [0.05, 0.1) is 13.2 Å². The number of hydrogen-bond acceptors (Lipinski definition) is 7. The third-order valence-corrected chi connectivity index (χ3v) is 3.53. The summed E-state index contributed by atoms with van der Waals surface area (Å²) in [5.74, 6) is 0.207. The molecule has 9 nitrogen and oxygen atoms in total. The molecule has 0 aromatic rings. The van der Waals surface area contributed by atoms with E-state index < -0.39 is 43.3 Å². The number of halogens is 1. The SMILES string of the molecule is COCCN(C(=O)NCCCl)C1O[C@H](CO)[C@@H](O)[C@H](O)[C@@H]1O. The average molecular weight is 343 g/mol. The Labute approximate surface area is 133 Å². The van der Waals surface area contributed by atoms with Gasteiger partial charge in [-0.15, -0.1) is 11.6 Å². The van der Waals surface area contributed by atoms with Crippen LogP contribution in [-0.2, 0) is 9.47 Å². The molecule has 22 heavy (non-hydrogen) atoms. The van der Waals surface area contributed by atoms with E-state index in [9.17, 15) is 25.2 Å². The van der Waals surface area contributed by atoms with Gasteiger partial charge < -0.3 is 35.2 Å². The summed E-state index contributed by atoms with van der Waals surface area (Å²) >= 11 is 5.51. The normalized spacial score (nSPS) is 31.8. The van der Waals surface area contributed by atoms with E-state index in [2.05, 4.69) is 5.32 Å². The van der Waals surface area contributed by atoms with Crippen LogP contribution >= 0.6 is 11.6 Å². The Kier molecular flexibility index (Phi) is 8.33. The average Bonchev–Trinajstić information content (AvgIpc) is 2.52. The zero-order valence-electron chi connectivity index (χ0n) is 12.3. The maximum atomic E-state index is 12.1. The molecular formula is C12H23ClN2O7.